The summed E-state index contributed by atoms with van der Waals surface area (Å²) in [6.45, 7) is 0.505. The average Bonchev–Trinajstić information content (AvgIpc) is 3.05. The van der Waals surface area contributed by atoms with E-state index in [9.17, 15) is 14.9 Å². The van der Waals surface area contributed by atoms with Gasteiger partial charge in [0.25, 0.3) is 5.91 Å². The Labute approximate surface area is 112 Å². The normalized spacial score (nSPS) is 10.3. The highest BCUT2D eigenvalue weighted by Crippen LogP contribution is 2.23. The number of nitrogens with one attached hydrogen (secondary N) is 2. The number of aryl methyl sites for hydroxylation is 1. The molecule has 0 fully saturated rings. The highest BCUT2D eigenvalue weighted by Gasteiger charge is 2.14. The molecule has 1 amide bonds. The molecule has 2 heterocycles. The first-order valence-electron chi connectivity index (χ1n) is 5.67. The first-order chi connectivity index (χ1) is 9.16. The Bertz CT molecular complexity index is 564. The van der Waals surface area contributed by atoms with E-state index in [0.717, 1.165) is 30.0 Å². The lowest BCUT2D eigenvalue weighted by Gasteiger charge is -2.01. The number of hydrogen-bond acceptors (Lipinski definition) is 5. The third-order valence-corrected chi connectivity index (χ3v) is 3.46. The summed E-state index contributed by atoms with van der Waals surface area (Å²) in [5.41, 5.74) is 0. The Morgan fingerprint density at radius 2 is 2.37 bits per heavy atom. The van der Waals surface area contributed by atoms with Gasteiger partial charge in [-0.2, -0.15) is 0 Å². The van der Waals surface area contributed by atoms with Crippen LogP contribution < -0.4 is 5.32 Å². The van der Waals surface area contributed by atoms with Gasteiger partial charge in [-0.1, -0.05) is 11.3 Å². The molecule has 0 bridgehead atoms. The Hall–Kier alpha value is -2.22. The largest absolute Gasteiger partial charge is 0.351 e. The molecule has 2 rings (SSSR count). The molecule has 8 heteroatoms. The summed E-state index contributed by atoms with van der Waals surface area (Å²) in [5, 5.41) is 13.2. The molecule has 100 valence electrons. The zero-order chi connectivity index (χ0) is 13.7. The third-order valence-electron chi connectivity index (χ3n) is 2.43. The van der Waals surface area contributed by atoms with Crippen LogP contribution >= 0.6 is 11.3 Å². The predicted octanol–water partition coefficient (Wildman–Crippen LogP) is 1.74. The summed E-state index contributed by atoms with van der Waals surface area (Å²) in [5.74, 6) is 0.596. The summed E-state index contributed by atoms with van der Waals surface area (Å²) in [6, 6.07) is 2.80. The fraction of sp³-hybridized carbons (Fsp3) is 0.273. The van der Waals surface area contributed by atoms with E-state index in [1.165, 1.54) is 12.1 Å². The lowest BCUT2D eigenvalue weighted by molar-refractivity contribution is -0.380. The van der Waals surface area contributed by atoms with E-state index < -0.39 is 4.92 Å². The van der Waals surface area contributed by atoms with E-state index in [1.807, 2.05) is 0 Å². The minimum absolute atomic E-state index is 0.0271. The van der Waals surface area contributed by atoms with E-state index in [4.69, 9.17) is 0 Å². The van der Waals surface area contributed by atoms with E-state index in [-0.39, 0.29) is 10.9 Å². The minimum Gasteiger partial charge on any atom is -0.351 e. The van der Waals surface area contributed by atoms with Gasteiger partial charge >= 0.3 is 5.00 Å². The Balaban J connectivity index is 1.76. The Kier molecular flexibility index (Phi) is 4.24. The van der Waals surface area contributed by atoms with Gasteiger partial charge in [-0.3, -0.25) is 14.9 Å². The molecule has 0 radical (unpaired) electrons. The maximum atomic E-state index is 11.7. The summed E-state index contributed by atoms with van der Waals surface area (Å²) in [7, 11) is 0. The van der Waals surface area contributed by atoms with Crippen LogP contribution in [0.4, 0.5) is 5.00 Å². The molecule has 0 aliphatic carbocycles. The van der Waals surface area contributed by atoms with Crippen LogP contribution in [0.1, 0.15) is 21.9 Å². The van der Waals surface area contributed by atoms with Crippen LogP contribution in [0.15, 0.2) is 24.5 Å². The van der Waals surface area contributed by atoms with Crippen molar-refractivity contribution in [3.8, 4) is 0 Å². The zero-order valence-electron chi connectivity index (χ0n) is 9.96. The van der Waals surface area contributed by atoms with Crippen LogP contribution in [-0.4, -0.2) is 27.3 Å². The van der Waals surface area contributed by atoms with Gasteiger partial charge in [0.1, 0.15) is 5.82 Å². The average molecular weight is 280 g/mol. The fourth-order valence-electron chi connectivity index (χ4n) is 1.53. The van der Waals surface area contributed by atoms with Crippen molar-refractivity contribution in [1.29, 1.82) is 0 Å². The molecule has 0 aromatic carbocycles. The van der Waals surface area contributed by atoms with Crippen molar-refractivity contribution >= 4 is 22.2 Å². The number of nitro groups is 1. The van der Waals surface area contributed by atoms with Gasteiger partial charge in [0.05, 0.1) is 9.80 Å². The third kappa shape index (κ3) is 3.62. The molecule has 0 aliphatic heterocycles. The number of hydrogen-bond donors (Lipinski definition) is 2. The van der Waals surface area contributed by atoms with Gasteiger partial charge in [0.15, 0.2) is 0 Å². The smallest absolute Gasteiger partial charge is 0.324 e. The summed E-state index contributed by atoms with van der Waals surface area (Å²) in [4.78, 5) is 29.1. The molecule has 0 saturated heterocycles. The first kappa shape index (κ1) is 13.2. The molecule has 0 spiro atoms. The minimum atomic E-state index is -0.502. The van der Waals surface area contributed by atoms with Crippen LogP contribution in [0.3, 0.4) is 0 Å². The van der Waals surface area contributed by atoms with Crippen molar-refractivity contribution in [2.24, 2.45) is 0 Å². The number of thiophene rings is 1. The van der Waals surface area contributed by atoms with E-state index in [2.05, 4.69) is 15.3 Å². The molecule has 2 aromatic heterocycles. The molecule has 2 N–H and O–H groups in total. The number of rotatable bonds is 6. The van der Waals surface area contributed by atoms with Crippen molar-refractivity contribution in [2.75, 3.05) is 6.54 Å². The van der Waals surface area contributed by atoms with Gasteiger partial charge < -0.3 is 10.3 Å². The van der Waals surface area contributed by atoms with Crippen LogP contribution in [0.2, 0.25) is 0 Å². The van der Waals surface area contributed by atoms with Crippen molar-refractivity contribution in [3.63, 3.8) is 0 Å². The Morgan fingerprint density at radius 1 is 1.53 bits per heavy atom. The molecule has 0 atom stereocenters. The second kappa shape index (κ2) is 6.10. The summed E-state index contributed by atoms with van der Waals surface area (Å²) < 4.78 is 0. The van der Waals surface area contributed by atoms with Crippen LogP contribution in [0, 0.1) is 10.1 Å². The molecule has 0 saturated carbocycles. The zero-order valence-corrected chi connectivity index (χ0v) is 10.8. The van der Waals surface area contributed by atoms with Gasteiger partial charge in [-0.05, 0) is 12.5 Å². The van der Waals surface area contributed by atoms with E-state index >= 15 is 0 Å². The van der Waals surface area contributed by atoms with Crippen LogP contribution in [0.5, 0.6) is 0 Å². The van der Waals surface area contributed by atoms with Crippen LogP contribution in [-0.2, 0) is 6.42 Å². The predicted molar refractivity (Wildman–Crippen MR) is 70.2 cm³/mol. The molecular weight excluding hydrogens is 268 g/mol. The Morgan fingerprint density at radius 3 is 3.00 bits per heavy atom. The van der Waals surface area contributed by atoms with Gasteiger partial charge in [-0.25, -0.2) is 4.98 Å². The number of carbonyl (C=O) groups excluding carboxylic acids is 1. The van der Waals surface area contributed by atoms with Crippen molar-refractivity contribution in [1.82, 2.24) is 15.3 Å². The van der Waals surface area contributed by atoms with Gasteiger partial charge in [-0.15, -0.1) is 0 Å². The second-order valence-corrected chi connectivity index (χ2v) is 4.85. The number of carbonyl (C=O) groups is 1. The van der Waals surface area contributed by atoms with Crippen LogP contribution in [0.25, 0.3) is 0 Å². The van der Waals surface area contributed by atoms with E-state index in [0.29, 0.717) is 11.4 Å². The summed E-state index contributed by atoms with van der Waals surface area (Å²) in [6.07, 6.45) is 4.93. The number of imidazole rings is 1. The number of amides is 1. The standard InChI is InChI=1S/C11H12N4O3S/c16-11(8-3-4-10(19-8)15(17)18)14-5-1-2-9-12-6-7-13-9/h3-4,6-7H,1-2,5H2,(H,12,13)(H,14,16). The van der Waals surface area contributed by atoms with Gasteiger partial charge in [0, 0.05) is 31.4 Å². The molecular formula is C11H12N4O3S. The molecule has 0 aliphatic rings. The molecule has 19 heavy (non-hydrogen) atoms. The fourth-order valence-corrected chi connectivity index (χ4v) is 2.26. The number of H-pyrrole nitrogens is 1. The highest BCUT2D eigenvalue weighted by atomic mass is 32.1. The molecule has 0 unspecified atom stereocenters. The second-order valence-electron chi connectivity index (χ2n) is 3.79. The number of aromatic amines is 1. The van der Waals surface area contributed by atoms with Crippen molar-refractivity contribution in [2.45, 2.75) is 12.8 Å². The maximum Gasteiger partial charge on any atom is 0.324 e. The van der Waals surface area contributed by atoms with Crippen molar-refractivity contribution < 1.29 is 9.72 Å². The molecule has 2 aromatic rings. The maximum absolute atomic E-state index is 11.7. The summed E-state index contributed by atoms with van der Waals surface area (Å²) >= 11 is 0.875. The lowest BCUT2D eigenvalue weighted by Crippen LogP contribution is -2.23. The SMILES string of the molecule is O=C(NCCCc1ncc[nH]1)c1ccc([N+](=O)[O-])s1. The number of aromatic nitrogens is 2. The highest BCUT2D eigenvalue weighted by molar-refractivity contribution is 7.17. The quantitative estimate of drug-likeness (QED) is 0.478. The molecule has 7 nitrogen and oxygen atoms in total. The first-order valence-corrected chi connectivity index (χ1v) is 6.49. The topological polar surface area (TPSA) is 101 Å². The number of nitrogens with zero attached hydrogens (tertiary/aromatic N) is 2. The lowest BCUT2D eigenvalue weighted by atomic mass is 10.3. The monoisotopic (exact) mass is 280 g/mol. The van der Waals surface area contributed by atoms with E-state index in [1.54, 1.807) is 12.4 Å². The van der Waals surface area contributed by atoms with Gasteiger partial charge in [0.2, 0.25) is 0 Å². The van der Waals surface area contributed by atoms with Crippen molar-refractivity contribution in [3.05, 3.63) is 45.3 Å².